The number of anilines is 2. The van der Waals surface area contributed by atoms with Crippen LogP contribution in [0.25, 0.3) is 21.6 Å². The predicted octanol–water partition coefficient (Wildman–Crippen LogP) is 8.29. The first-order chi connectivity index (χ1) is 20.4. The molecule has 9 nitrogen and oxygen atoms in total. The molecule has 2 N–H and O–H groups in total. The SMILES string of the molecule is CC(C)(C)NC(=O)OCCn1ccc2ncnc(Nc3ccc(Oc4cccc(-c5nc(C(F)(F)F)cs5)c4)c(Cl)c3)c21. The number of hydrogen-bond donors (Lipinski definition) is 2. The van der Waals surface area contributed by atoms with Crippen molar-refractivity contribution in [1.29, 1.82) is 0 Å². The summed E-state index contributed by atoms with van der Waals surface area (Å²) >= 11 is 7.44. The molecule has 0 bridgehead atoms. The number of halogens is 4. The van der Waals surface area contributed by atoms with Crippen molar-refractivity contribution in [1.82, 2.24) is 24.8 Å². The van der Waals surface area contributed by atoms with Gasteiger partial charge in [-0.25, -0.2) is 19.7 Å². The third-order valence-electron chi connectivity index (χ3n) is 5.89. The minimum Gasteiger partial charge on any atom is -0.456 e. The Kier molecular flexibility index (Phi) is 8.47. The van der Waals surface area contributed by atoms with E-state index < -0.39 is 23.5 Å². The third kappa shape index (κ3) is 7.54. The molecule has 3 heterocycles. The summed E-state index contributed by atoms with van der Waals surface area (Å²) in [6.45, 7) is 6.13. The van der Waals surface area contributed by atoms with Gasteiger partial charge in [0.2, 0.25) is 0 Å². The van der Waals surface area contributed by atoms with Crippen LogP contribution in [0, 0.1) is 0 Å². The van der Waals surface area contributed by atoms with E-state index in [2.05, 4.69) is 25.6 Å². The molecule has 0 saturated carbocycles. The number of benzene rings is 2. The Morgan fingerprint density at radius 3 is 2.63 bits per heavy atom. The molecule has 0 aliphatic rings. The molecule has 1 amide bonds. The zero-order valence-corrected chi connectivity index (χ0v) is 24.8. The summed E-state index contributed by atoms with van der Waals surface area (Å²) in [7, 11) is 0. The minimum absolute atomic E-state index is 0.144. The van der Waals surface area contributed by atoms with Crippen LogP contribution in [0.4, 0.5) is 29.5 Å². The van der Waals surface area contributed by atoms with Crippen molar-refractivity contribution < 1.29 is 27.4 Å². The molecule has 0 fully saturated rings. The lowest BCUT2D eigenvalue weighted by molar-refractivity contribution is -0.140. The molecule has 0 unspecified atom stereocenters. The Morgan fingerprint density at radius 2 is 1.91 bits per heavy atom. The Labute approximate surface area is 253 Å². The van der Waals surface area contributed by atoms with E-state index in [0.717, 1.165) is 16.7 Å². The molecule has 5 rings (SSSR count). The van der Waals surface area contributed by atoms with E-state index in [4.69, 9.17) is 21.1 Å². The quantitative estimate of drug-likeness (QED) is 0.178. The first-order valence-electron chi connectivity index (χ1n) is 13.0. The molecule has 14 heteroatoms. The number of alkyl carbamates (subject to hydrolysis) is 1. The largest absolute Gasteiger partial charge is 0.456 e. The van der Waals surface area contributed by atoms with Crippen LogP contribution < -0.4 is 15.4 Å². The summed E-state index contributed by atoms with van der Waals surface area (Å²) in [5, 5.41) is 7.50. The number of fused-ring (bicyclic) bond motifs is 1. The van der Waals surface area contributed by atoms with E-state index in [9.17, 15) is 18.0 Å². The number of aromatic nitrogens is 4. The highest BCUT2D eigenvalue weighted by Gasteiger charge is 2.33. The molecule has 2 aromatic carbocycles. The maximum atomic E-state index is 13.0. The van der Waals surface area contributed by atoms with Gasteiger partial charge in [0.25, 0.3) is 0 Å². The van der Waals surface area contributed by atoms with Crippen LogP contribution in [0.3, 0.4) is 0 Å². The molecule has 5 aromatic rings. The van der Waals surface area contributed by atoms with Gasteiger partial charge in [-0.1, -0.05) is 23.7 Å². The summed E-state index contributed by atoms with van der Waals surface area (Å²) in [5.41, 5.74) is 1.19. The number of hydrogen-bond acceptors (Lipinski definition) is 8. The lowest BCUT2D eigenvalue weighted by atomic mass is 10.1. The van der Waals surface area contributed by atoms with Gasteiger partial charge in [-0.15, -0.1) is 11.3 Å². The summed E-state index contributed by atoms with van der Waals surface area (Å²) in [6, 6.07) is 13.5. The second kappa shape index (κ2) is 12.1. The van der Waals surface area contributed by atoms with E-state index >= 15 is 0 Å². The number of thiazole rings is 1. The second-order valence-electron chi connectivity index (χ2n) is 10.4. The zero-order valence-electron chi connectivity index (χ0n) is 23.2. The molecule has 0 aliphatic heterocycles. The fraction of sp³-hybridized carbons (Fsp3) is 0.241. The molecule has 0 saturated heterocycles. The first-order valence-corrected chi connectivity index (χ1v) is 14.2. The summed E-state index contributed by atoms with van der Waals surface area (Å²) in [5.74, 6) is 1.26. The maximum absolute atomic E-state index is 13.0. The van der Waals surface area contributed by atoms with Crippen molar-refractivity contribution in [2.45, 2.75) is 39.0 Å². The normalized spacial score (nSPS) is 11.9. The van der Waals surface area contributed by atoms with Gasteiger partial charge in [0.05, 0.1) is 17.1 Å². The van der Waals surface area contributed by atoms with E-state index in [1.165, 1.54) is 6.33 Å². The molecular formula is C29H26ClF3N6O3S. The van der Waals surface area contributed by atoms with E-state index in [0.29, 0.717) is 51.2 Å². The van der Waals surface area contributed by atoms with Crippen LogP contribution >= 0.6 is 22.9 Å². The number of nitrogens with zero attached hydrogens (tertiary/aromatic N) is 4. The van der Waals surface area contributed by atoms with Crippen LogP contribution in [0.2, 0.25) is 5.02 Å². The summed E-state index contributed by atoms with van der Waals surface area (Å²) < 4.78 is 52.1. The number of nitrogens with one attached hydrogen (secondary N) is 2. The van der Waals surface area contributed by atoms with E-state index in [1.54, 1.807) is 42.5 Å². The molecule has 3 aromatic heterocycles. The molecule has 0 radical (unpaired) electrons. The van der Waals surface area contributed by atoms with Crippen molar-refractivity contribution in [2.24, 2.45) is 0 Å². The van der Waals surface area contributed by atoms with Gasteiger partial charge < -0.3 is 24.7 Å². The third-order valence-corrected chi connectivity index (χ3v) is 7.08. The van der Waals surface area contributed by atoms with Crippen molar-refractivity contribution in [3.8, 4) is 22.1 Å². The predicted molar refractivity (Wildman–Crippen MR) is 159 cm³/mol. The summed E-state index contributed by atoms with van der Waals surface area (Å²) in [6.07, 6.45) is -1.73. The van der Waals surface area contributed by atoms with Crippen molar-refractivity contribution >= 4 is 51.6 Å². The number of alkyl halides is 3. The highest BCUT2D eigenvalue weighted by Crippen LogP contribution is 2.37. The Bertz CT molecular complexity index is 1770. The average molecular weight is 631 g/mol. The number of carbonyl (C=O) groups excluding carboxylic acids is 1. The first kappa shape index (κ1) is 30.1. The summed E-state index contributed by atoms with van der Waals surface area (Å²) in [4.78, 5) is 24.4. The van der Waals surface area contributed by atoms with Gasteiger partial charge in [0.1, 0.15) is 35.0 Å². The number of ether oxygens (including phenoxy) is 2. The van der Waals surface area contributed by atoms with Crippen molar-refractivity contribution in [3.63, 3.8) is 0 Å². The maximum Gasteiger partial charge on any atom is 0.434 e. The van der Waals surface area contributed by atoms with Crippen LogP contribution in [0.1, 0.15) is 26.5 Å². The van der Waals surface area contributed by atoms with Gasteiger partial charge in [-0.2, -0.15) is 13.2 Å². The van der Waals surface area contributed by atoms with Gasteiger partial charge in [-0.3, -0.25) is 0 Å². The number of carbonyl (C=O) groups is 1. The monoisotopic (exact) mass is 630 g/mol. The highest BCUT2D eigenvalue weighted by atomic mass is 35.5. The van der Waals surface area contributed by atoms with Crippen molar-refractivity contribution in [2.75, 3.05) is 11.9 Å². The molecule has 0 aliphatic carbocycles. The lowest BCUT2D eigenvalue weighted by Gasteiger charge is -2.20. The topological polar surface area (TPSA) is 103 Å². The zero-order chi connectivity index (χ0) is 30.8. The van der Waals surface area contributed by atoms with Crippen molar-refractivity contribution in [3.05, 3.63) is 77.2 Å². The fourth-order valence-corrected chi connectivity index (χ4v) is 5.09. The Hall–Kier alpha value is -4.36. The molecular weight excluding hydrogens is 605 g/mol. The lowest BCUT2D eigenvalue weighted by Crippen LogP contribution is -2.41. The standard InChI is InChI=1S/C29H26ClF3N6O3S/c1-28(2,3)38-27(40)41-12-11-39-10-9-21-24(39)25(35-16-34-21)36-18-7-8-22(20(30)14-18)42-19-6-4-5-17(13-19)26-37-23(15-43-26)29(31,32)33/h4-10,13-16H,11-12H2,1-3H3,(H,38,40)(H,34,35,36). The minimum atomic E-state index is -4.51. The van der Waals surface area contributed by atoms with Gasteiger partial charge >= 0.3 is 12.3 Å². The molecule has 0 atom stereocenters. The Balaban J connectivity index is 1.28. The highest BCUT2D eigenvalue weighted by molar-refractivity contribution is 7.13. The number of amides is 1. The van der Waals surface area contributed by atoms with Gasteiger partial charge in [0, 0.05) is 28.4 Å². The van der Waals surface area contributed by atoms with Gasteiger partial charge in [0.15, 0.2) is 11.5 Å². The smallest absolute Gasteiger partial charge is 0.434 e. The van der Waals surface area contributed by atoms with Crippen LogP contribution in [0.5, 0.6) is 11.5 Å². The van der Waals surface area contributed by atoms with Crippen LogP contribution in [0.15, 0.2) is 66.4 Å². The van der Waals surface area contributed by atoms with Crippen LogP contribution in [-0.4, -0.2) is 37.8 Å². The molecule has 0 spiro atoms. The Morgan fingerprint density at radius 1 is 1.09 bits per heavy atom. The van der Waals surface area contributed by atoms with E-state index in [-0.39, 0.29) is 11.6 Å². The van der Waals surface area contributed by atoms with Gasteiger partial charge in [-0.05, 0) is 57.2 Å². The average Bonchev–Trinajstić information content (AvgIpc) is 3.58. The molecule has 43 heavy (non-hydrogen) atoms. The second-order valence-corrected chi connectivity index (χ2v) is 11.7. The fourth-order valence-electron chi connectivity index (χ4n) is 4.04. The molecule has 224 valence electrons. The van der Waals surface area contributed by atoms with Crippen LogP contribution in [-0.2, 0) is 17.5 Å². The number of rotatable bonds is 8. The van der Waals surface area contributed by atoms with E-state index in [1.807, 2.05) is 37.6 Å².